The molecule has 2 aromatic rings. The molecule has 6 heteroatoms. The van der Waals surface area contributed by atoms with Gasteiger partial charge in [0.15, 0.2) is 23.0 Å². The van der Waals surface area contributed by atoms with Crippen molar-refractivity contribution in [2.24, 2.45) is 0 Å². The van der Waals surface area contributed by atoms with Crippen molar-refractivity contribution in [3.63, 3.8) is 0 Å². The Labute approximate surface area is 137 Å². The second-order valence-electron chi connectivity index (χ2n) is 3.58. The summed E-state index contributed by atoms with van der Waals surface area (Å²) >= 11 is 13.8. The molecule has 2 aromatic carbocycles. The molecule has 0 unspecified atom stereocenters. The van der Waals surface area contributed by atoms with Crippen molar-refractivity contribution >= 4 is 63.7 Å². The summed E-state index contributed by atoms with van der Waals surface area (Å²) in [6, 6.07) is 7.58. The van der Waals surface area contributed by atoms with Crippen LogP contribution >= 0.6 is 63.7 Å². The summed E-state index contributed by atoms with van der Waals surface area (Å²) in [6.45, 7) is 0. The van der Waals surface area contributed by atoms with E-state index in [9.17, 15) is 0 Å². The molecule has 0 saturated heterocycles. The minimum Gasteiger partial charge on any atom is -0.448 e. The molecule has 0 fully saturated rings. The van der Waals surface area contributed by atoms with Gasteiger partial charge in [-0.15, -0.1) is 0 Å². The zero-order chi connectivity index (χ0) is 12.9. The Balaban J connectivity index is 2.21. The second kappa shape index (κ2) is 4.81. The van der Waals surface area contributed by atoms with Crippen LogP contribution in [-0.4, -0.2) is 0 Å². The highest BCUT2D eigenvalue weighted by molar-refractivity contribution is 9.13. The Bertz CT molecular complexity index is 655. The van der Waals surface area contributed by atoms with Gasteiger partial charge >= 0.3 is 0 Å². The minimum absolute atomic E-state index is 0.663. The number of hydrogen-bond donors (Lipinski definition) is 0. The van der Waals surface area contributed by atoms with Gasteiger partial charge in [-0.2, -0.15) is 0 Å². The molecule has 0 spiro atoms. The molecule has 0 aromatic heterocycles. The Morgan fingerprint density at radius 3 is 1.83 bits per heavy atom. The molecule has 92 valence electrons. The number of ether oxygens (including phenoxy) is 2. The van der Waals surface area contributed by atoms with Crippen molar-refractivity contribution in [1.82, 2.24) is 0 Å². The Morgan fingerprint density at radius 2 is 1.17 bits per heavy atom. The fourth-order valence-corrected chi connectivity index (χ4v) is 3.11. The lowest BCUT2D eigenvalue weighted by molar-refractivity contribution is 0.354. The first kappa shape index (κ1) is 13.0. The van der Waals surface area contributed by atoms with Crippen LogP contribution in [0.1, 0.15) is 0 Å². The topological polar surface area (TPSA) is 18.5 Å². The van der Waals surface area contributed by atoms with Crippen molar-refractivity contribution in [3.8, 4) is 23.0 Å². The summed E-state index contributed by atoms with van der Waals surface area (Å²) in [5, 5.41) is 0. The Morgan fingerprint density at radius 1 is 0.611 bits per heavy atom. The van der Waals surface area contributed by atoms with Crippen LogP contribution in [0.4, 0.5) is 0 Å². The van der Waals surface area contributed by atoms with Crippen molar-refractivity contribution < 1.29 is 9.47 Å². The van der Waals surface area contributed by atoms with Gasteiger partial charge in [0.1, 0.15) is 0 Å². The highest BCUT2D eigenvalue weighted by atomic mass is 79.9. The highest BCUT2D eigenvalue weighted by Crippen LogP contribution is 2.54. The third-order valence-electron chi connectivity index (χ3n) is 2.45. The van der Waals surface area contributed by atoms with Crippen LogP contribution in [0.5, 0.6) is 23.0 Å². The standard InChI is InChI=1S/C12H4Br4O2/c13-5-3-4-8-12(9(5)16)18-11-7(15)2-1-6(14)10(11)17-8/h1-4H. The lowest BCUT2D eigenvalue weighted by Gasteiger charge is -2.23. The molecule has 1 aliphatic rings. The fourth-order valence-electron chi connectivity index (χ4n) is 1.61. The number of halogens is 4. The van der Waals surface area contributed by atoms with Crippen LogP contribution in [0, 0.1) is 0 Å². The monoisotopic (exact) mass is 496 g/mol. The van der Waals surface area contributed by atoms with Crippen molar-refractivity contribution in [3.05, 3.63) is 42.2 Å². The van der Waals surface area contributed by atoms with Crippen LogP contribution in [0.15, 0.2) is 42.2 Å². The van der Waals surface area contributed by atoms with E-state index in [4.69, 9.17) is 9.47 Å². The summed E-state index contributed by atoms with van der Waals surface area (Å²) in [6.07, 6.45) is 0. The molecule has 2 nitrogen and oxygen atoms in total. The average Bonchev–Trinajstić information content (AvgIpc) is 2.37. The molecule has 0 atom stereocenters. The third kappa shape index (κ3) is 2.03. The van der Waals surface area contributed by atoms with Crippen LogP contribution in [0.2, 0.25) is 0 Å². The summed E-state index contributed by atoms with van der Waals surface area (Å²) in [7, 11) is 0. The summed E-state index contributed by atoms with van der Waals surface area (Å²) in [5.74, 6) is 2.67. The van der Waals surface area contributed by atoms with E-state index in [0.717, 1.165) is 17.9 Å². The first-order valence-corrected chi connectivity index (χ1v) is 8.07. The van der Waals surface area contributed by atoms with Gasteiger partial charge < -0.3 is 9.47 Å². The molecule has 1 aliphatic heterocycles. The Hall–Kier alpha value is -0.0400. The zero-order valence-electron chi connectivity index (χ0n) is 8.64. The van der Waals surface area contributed by atoms with Crippen molar-refractivity contribution in [2.45, 2.75) is 0 Å². The van der Waals surface area contributed by atoms with Crippen molar-refractivity contribution in [2.75, 3.05) is 0 Å². The maximum Gasteiger partial charge on any atom is 0.185 e. The number of benzene rings is 2. The van der Waals surface area contributed by atoms with Gasteiger partial charge in [0.05, 0.1) is 13.4 Å². The van der Waals surface area contributed by atoms with Crippen LogP contribution in [0.25, 0.3) is 0 Å². The third-order valence-corrected chi connectivity index (χ3v) is 5.68. The van der Waals surface area contributed by atoms with Gasteiger partial charge in [0, 0.05) is 4.47 Å². The van der Waals surface area contributed by atoms with Gasteiger partial charge in [-0.25, -0.2) is 0 Å². The molecule has 18 heavy (non-hydrogen) atoms. The lowest BCUT2D eigenvalue weighted by Crippen LogP contribution is -2.01. The summed E-state index contributed by atoms with van der Waals surface area (Å²) in [5.41, 5.74) is 0. The minimum atomic E-state index is 0.663. The summed E-state index contributed by atoms with van der Waals surface area (Å²) < 4.78 is 15.2. The first-order chi connectivity index (χ1) is 8.58. The molecule has 0 radical (unpaired) electrons. The van der Waals surface area contributed by atoms with E-state index in [2.05, 4.69) is 63.7 Å². The lowest BCUT2D eigenvalue weighted by atomic mass is 10.2. The average molecular weight is 500 g/mol. The maximum absolute atomic E-state index is 5.92. The van der Waals surface area contributed by atoms with E-state index in [1.54, 1.807) is 0 Å². The Kier molecular flexibility index (Phi) is 3.47. The molecule has 0 bridgehead atoms. The largest absolute Gasteiger partial charge is 0.448 e. The van der Waals surface area contributed by atoms with Gasteiger partial charge in [0.25, 0.3) is 0 Å². The smallest absolute Gasteiger partial charge is 0.185 e. The molecule has 0 amide bonds. The molecule has 3 rings (SSSR count). The quantitative estimate of drug-likeness (QED) is 0.345. The molecular formula is C12H4Br4O2. The van der Waals surface area contributed by atoms with Crippen molar-refractivity contribution in [1.29, 1.82) is 0 Å². The van der Waals surface area contributed by atoms with Crippen LogP contribution in [-0.2, 0) is 0 Å². The van der Waals surface area contributed by atoms with Crippen LogP contribution < -0.4 is 9.47 Å². The molecule has 1 heterocycles. The van der Waals surface area contributed by atoms with Gasteiger partial charge in [-0.3, -0.25) is 0 Å². The van der Waals surface area contributed by atoms with E-state index >= 15 is 0 Å². The van der Waals surface area contributed by atoms with E-state index in [0.29, 0.717) is 23.0 Å². The first-order valence-electron chi connectivity index (χ1n) is 4.89. The van der Waals surface area contributed by atoms with E-state index in [-0.39, 0.29) is 0 Å². The van der Waals surface area contributed by atoms with Crippen LogP contribution in [0.3, 0.4) is 0 Å². The van der Waals surface area contributed by atoms with E-state index in [1.807, 2.05) is 24.3 Å². The number of fused-ring (bicyclic) bond motifs is 2. The predicted molar refractivity (Wildman–Crippen MR) is 83.8 cm³/mol. The van der Waals surface area contributed by atoms with Gasteiger partial charge in [-0.1, -0.05) is 0 Å². The van der Waals surface area contributed by atoms with Gasteiger partial charge in [-0.05, 0) is 88.0 Å². The van der Waals surface area contributed by atoms with Gasteiger partial charge in [0.2, 0.25) is 0 Å². The van der Waals surface area contributed by atoms with E-state index < -0.39 is 0 Å². The molecule has 0 aliphatic carbocycles. The normalized spacial score (nSPS) is 12.2. The second-order valence-corrected chi connectivity index (χ2v) is 6.94. The SMILES string of the molecule is Brc1ccc2c(c1Br)Oc1c(Br)ccc(Br)c1O2. The molecule has 0 N–H and O–H groups in total. The summed E-state index contributed by atoms with van der Waals surface area (Å²) in [4.78, 5) is 0. The number of rotatable bonds is 0. The molecular weight excluding hydrogens is 496 g/mol. The maximum atomic E-state index is 5.92. The highest BCUT2D eigenvalue weighted by Gasteiger charge is 2.26. The molecule has 0 saturated carbocycles. The number of hydrogen-bond acceptors (Lipinski definition) is 2. The predicted octanol–water partition coefficient (Wildman–Crippen LogP) is 6.63. The van der Waals surface area contributed by atoms with E-state index in [1.165, 1.54) is 0 Å². The fraction of sp³-hybridized carbons (Fsp3) is 0. The zero-order valence-corrected chi connectivity index (χ0v) is 15.0.